The number of aromatic nitrogens is 2. The maximum absolute atomic E-state index is 5.52. The van der Waals surface area contributed by atoms with Gasteiger partial charge in [-0.3, -0.25) is 0 Å². The molecule has 5 heteroatoms. The maximum Gasteiger partial charge on any atom is 0.241 e. The van der Waals surface area contributed by atoms with Crippen LogP contribution in [0.5, 0.6) is 0 Å². The number of thioether (sulfide) groups is 1. The van der Waals surface area contributed by atoms with Crippen LogP contribution in [-0.4, -0.2) is 15.9 Å². The highest BCUT2D eigenvalue weighted by atomic mass is 35.5. The molecular weight excluding hydrogens is 196 g/mol. The Bertz CT molecular complexity index is 241. The van der Waals surface area contributed by atoms with E-state index in [1.807, 2.05) is 0 Å². The van der Waals surface area contributed by atoms with Gasteiger partial charge in [-0.1, -0.05) is 12.1 Å². The molecule has 0 fully saturated rings. The number of halogens is 1. The molecule has 1 aromatic heterocycles. The van der Waals surface area contributed by atoms with E-state index in [9.17, 15) is 0 Å². The minimum Gasteiger partial charge on any atom is -0.338 e. The minimum absolute atomic E-state index is 0.288. The SMILES string of the molecule is CCS[C@H](C)c1noc(CCl)n1. The standard InChI is InChI=1S/C7H11ClN2OS/c1-3-12-5(2)7-9-6(4-8)11-10-7/h5H,3-4H2,1-2H3/t5-/m1/s1. The molecule has 0 saturated carbocycles. The molecule has 0 radical (unpaired) electrons. The maximum atomic E-state index is 5.52. The Labute approximate surface area is 80.9 Å². The molecule has 0 aliphatic rings. The summed E-state index contributed by atoms with van der Waals surface area (Å²) in [6.45, 7) is 4.15. The first-order valence-corrected chi connectivity index (χ1v) is 5.36. The van der Waals surface area contributed by atoms with Crippen LogP contribution in [0.4, 0.5) is 0 Å². The van der Waals surface area contributed by atoms with Crippen LogP contribution in [0.1, 0.15) is 30.8 Å². The number of rotatable bonds is 4. The summed E-state index contributed by atoms with van der Waals surface area (Å²) in [5, 5.41) is 4.10. The summed E-state index contributed by atoms with van der Waals surface area (Å²) in [5.74, 6) is 2.57. The summed E-state index contributed by atoms with van der Waals surface area (Å²) in [6.07, 6.45) is 0. The number of hydrogen-bond donors (Lipinski definition) is 0. The van der Waals surface area contributed by atoms with Crippen molar-refractivity contribution >= 4 is 23.4 Å². The van der Waals surface area contributed by atoms with Crippen molar-refractivity contribution in [3.8, 4) is 0 Å². The van der Waals surface area contributed by atoms with Crippen LogP contribution in [0, 0.1) is 0 Å². The monoisotopic (exact) mass is 206 g/mol. The van der Waals surface area contributed by atoms with E-state index in [2.05, 4.69) is 24.0 Å². The quantitative estimate of drug-likeness (QED) is 0.710. The summed E-state index contributed by atoms with van der Waals surface area (Å²) in [7, 11) is 0. The van der Waals surface area contributed by atoms with E-state index in [1.54, 1.807) is 11.8 Å². The largest absolute Gasteiger partial charge is 0.338 e. The Morgan fingerprint density at radius 3 is 2.92 bits per heavy atom. The van der Waals surface area contributed by atoms with E-state index >= 15 is 0 Å². The lowest BCUT2D eigenvalue weighted by atomic mass is 10.4. The van der Waals surface area contributed by atoms with Gasteiger partial charge in [-0.05, 0) is 12.7 Å². The molecule has 0 bridgehead atoms. The van der Waals surface area contributed by atoms with Crippen LogP contribution in [0.15, 0.2) is 4.52 Å². The molecule has 0 aliphatic heterocycles. The summed E-state index contributed by atoms with van der Waals surface area (Å²) in [4.78, 5) is 4.12. The summed E-state index contributed by atoms with van der Waals surface area (Å²) < 4.78 is 4.87. The first-order valence-electron chi connectivity index (χ1n) is 3.78. The average molecular weight is 207 g/mol. The number of hydrogen-bond acceptors (Lipinski definition) is 4. The smallest absolute Gasteiger partial charge is 0.241 e. The van der Waals surface area contributed by atoms with E-state index in [1.165, 1.54) is 0 Å². The van der Waals surface area contributed by atoms with Crippen molar-refractivity contribution < 1.29 is 4.52 Å². The van der Waals surface area contributed by atoms with Crippen molar-refractivity contribution in [2.75, 3.05) is 5.75 Å². The normalized spacial score (nSPS) is 13.2. The fourth-order valence-corrected chi connectivity index (χ4v) is 1.67. The van der Waals surface area contributed by atoms with Gasteiger partial charge in [0.25, 0.3) is 0 Å². The van der Waals surface area contributed by atoms with Crippen LogP contribution in [0.3, 0.4) is 0 Å². The van der Waals surface area contributed by atoms with Gasteiger partial charge in [0.1, 0.15) is 5.88 Å². The summed E-state index contributed by atoms with van der Waals surface area (Å²) in [6, 6.07) is 0. The third kappa shape index (κ3) is 2.38. The Kier molecular flexibility index (Phi) is 3.88. The second-order valence-corrected chi connectivity index (χ2v) is 4.16. The van der Waals surface area contributed by atoms with Crippen LogP contribution < -0.4 is 0 Å². The van der Waals surface area contributed by atoms with E-state index in [0.29, 0.717) is 5.89 Å². The molecular formula is C7H11ClN2OS. The highest BCUT2D eigenvalue weighted by Crippen LogP contribution is 2.25. The fourth-order valence-electron chi connectivity index (χ4n) is 0.812. The van der Waals surface area contributed by atoms with Gasteiger partial charge in [-0.15, -0.1) is 11.6 Å². The topological polar surface area (TPSA) is 38.9 Å². The minimum atomic E-state index is 0.288. The average Bonchev–Trinajstić information content (AvgIpc) is 2.52. The van der Waals surface area contributed by atoms with Crippen molar-refractivity contribution in [3.05, 3.63) is 11.7 Å². The third-order valence-corrected chi connectivity index (χ3v) is 2.65. The lowest BCUT2D eigenvalue weighted by molar-refractivity contribution is 0.384. The molecule has 0 saturated heterocycles. The second kappa shape index (κ2) is 4.72. The van der Waals surface area contributed by atoms with E-state index < -0.39 is 0 Å². The van der Waals surface area contributed by atoms with Crippen LogP contribution in [0.25, 0.3) is 0 Å². The van der Waals surface area contributed by atoms with Gasteiger partial charge in [0, 0.05) is 0 Å². The molecule has 3 nitrogen and oxygen atoms in total. The second-order valence-electron chi connectivity index (χ2n) is 2.28. The predicted octanol–water partition coefficient (Wildman–Crippen LogP) is 2.62. The molecule has 0 N–H and O–H groups in total. The third-order valence-electron chi connectivity index (χ3n) is 1.38. The molecule has 0 aliphatic carbocycles. The molecule has 1 rings (SSSR count). The zero-order valence-corrected chi connectivity index (χ0v) is 8.65. The Morgan fingerprint density at radius 2 is 2.42 bits per heavy atom. The van der Waals surface area contributed by atoms with Gasteiger partial charge in [0.15, 0.2) is 5.82 Å². The van der Waals surface area contributed by atoms with E-state index in [0.717, 1.165) is 11.6 Å². The fraction of sp³-hybridized carbons (Fsp3) is 0.714. The van der Waals surface area contributed by atoms with Crippen molar-refractivity contribution in [2.24, 2.45) is 0 Å². The Hall–Kier alpha value is -0.220. The summed E-state index contributed by atoms with van der Waals surface area (Å²) >= 11 is 7.30. The lowest BCUT2D eigenvalue weighted by Crippen LogP contribution is -1.91. The molecule has 0 unspecified atom stereocenters. The van der Waals surface area contributed by atoms with E-state index in [4.69, 9.17) is 16.1 Å². The van der Waals surface area contributed by atoms with Gasteiger partial charge >= 0.3 is 0 Å². The van der Waals surface area contributed by atoms with Crippen LogP contribution in [-0.2, 0) is 5.88 Å². The van der Waals surface area contributed by atoms with Crippen molar-refractivity contribution in [2.45, 2.75) is 25.0 Å². The lowest BCUT2D eigenvalue weighted by Gasteiger charge is -2.01. The van der Waals surface area contributed by atoms with Gasteiger partial charge in [-0.2, -0.15) is 16.7 Å². The van der Waals surface area contributed by atoms with Gasteiger partial charge in [-0.25, -0.2) is 0 Å². The van der Waals surface area contributed by atoms with Crippen molar-refractivity contribution in [1.29, 1.82) is 0 Å². The van der Waals surface area contributed by atoms with Gasteiger partial charge < -0.3 is 4.52 Å². The molecule has 68 valence electrons. The first kappa shape index (κ1) is 9.86. The molecule has 1 aromatic rings. The van der Waals surface area contributed by atoms with Crippen molar-refractivity contribution in [1.82, 2.24) is 10.1 Å². The van der Waals surface area contributed by atoms with Gasteiger partial charge in [0.2, 0.25) is 5.89 Å². The summed E-state index contributed by atoms with van der Waals surface area (Å²) in [5.41, 5.74) is 0. The molecule has 0 spiro atoms. The van der Waals surface area contributed by atoms with E-state index in [-0.39, 0.29) is 11.1 Å². The predicted molar refractivity (Wildman–Crippen MR) is 50.4 cm³/mol. The number of alkyl halides is 1. The molecule has 1 atom stereocenters. The molecule has 0 amide bonds. The molecule has 12 heavy (non-hydrogen) atoms. The zero-order chi connectivity index (χ0) is 8.97. The van der Waals surface area contributed by atoms with Gasteiger partial charge in [0.05, 0.1) is 5.25 Å². The molecule has 1 heterocycles. The first-order chi connectivity index (χ1) is 5.77. The highest BCUT2D eigenvalue weighted by molar-refractivity contribution is 7.99. The number of nitrogens with zero attached hydrogens (tertiary/aromatic N) is 2. The molecule has 0 aromatic carbocycles. The van der Waals surface area contributed by atoms with Crippen LogP contribution in [0.2, 0.25) is 0 Å². The highest BCUT2D eigenvalue weighted by Gasteiger charge is 2.12. The van der Waals surface area contributed by atoms with Crippen molar-refractivity contribution in [3.63, 3.8) is 0 Å². The Balaban J connectivity index is 2.61. The zero-order valence-electron chi connectivity index (χ0n) is 7.08. The van der Waals surface area contributed by atoms with Crippen LogP contribution >= 0.6 is 23.4 Å². The Morgan fingerprint density at radius 1 is 1.67 bits per heavy atom.